The molecule has 2 heterocycles. The lowest BCUT2D eigenvalue weighted by atomic mass is 10.0. The summed E-state index contributed by atoms with van der Waals surface area (Å²) in [6.07, 6.45) is -8.57. The van der Waals surface area contributed by atoms with Crippen molar-refractivity contribution in [1.82, 2.24) is 8.61 Å². The molecule has 9 nitrogen and oxygen atoms in total. The molecule has 0 radical (unpaired) electrons. The maximum absolute atomic E-state index is 13.3. The smallest absolute Gasteiger partial charge is 0.406 e. The average Bonchev–Trinajstić information content (AvgIpc) is 3.27. The zero-order valence-electron chi connectivity index (χ0n) is 21.5. The number of piperidine rings is 1. The fourth-order valence-corrected chi connectivity index (χ4v) is 7.58. The molecular weight excluding hydrogens is 606 g/mol. The Labute approximate surface area is 233 Å². The van der Waals surface area contributed by atoms with Gasteiger partial charge in [0.25, 0.3) is 0 Å². The Morgan fingerprint density at radius 3 is 1.71 bits per heavy atom. The molecule has 2 aliphatic heterocycles. The SMILES string of the molecule is C=CC.O=S(=O)(c1cccc(OC(F)(F)F)c1)N1CCC2(CC1)OCCN2S(=O)(=O)c1cccc(OC(F)(F)F)c1. The maximum Gasteiger partial charge on any atom is 0.573 e. The van der Waals surface area contributed by atoms with Crippen LogP contribution in [0, 0.1) is 0 Å². The number of sulfonamides is 2. The molecule has 0 bridgehead atoms. The summed E-state index contributed by atoms with van der Waals surface area (Å²) in [7, 11) is -8.66. The number of alkyl halides is 6. The Kier molecular flexibility index (Phi) is 9.69. The molecule has 2 aliphatic rings. The summed E-state index contributed by atoms with van der Waals surface area (Å²) in [5.74, 6) is -1.45. The summed E-state index contributed by atoms with van der Waals surface area (Å²) in [6, 6.07) is 7.72. The second-order valence-electron chi connectivity index (χ2n) is 8.73. The first-order valence-corrected chi connectivity index (χ1v) is 14.8. The largest absolute Gasteiger partial charge is 0.573 e. The monoisotopic (exact) mass is 632 g/mol. The Morgan fingerprint density at radius 2 is 1.27 bits per heavy atom. The van der Waals surface area contributed by atoms with Crippen molar-refractivity contribution in [3.8, 4) is 11.5 Å². The zero-order valence-corrected chi connectivity index (χ0v) is 23.1. The number of halogens is 6. The molecule has 0 unspecified atom stereocenters. The lowest BCUT2D eigenvalue weighted by molar-refractivity contribution is -0.275. The number of allylic oxidation sites excluding steroid dienone is 1. The molecule has 0 N–H and O–H groups in total. The minimum atomic E-state index is -5.03. The van der Waals surface area contributed by atoms with Gasteiger partial charge in [0.1, 0.15) is 17.2 Å². The molecule has 1 spiro atoms. The van der Waals surface area contributed by atoms with Crippen molar-refractivity contribution in [3.05, 3.63) is 61.2 Å². The Balaban J connectivity index is 0.00000147. The minimum Gasteiger partial charge on any atom is -0.406 e. The predicted octanol–water partition coefficient (Wildman–Crippen LogP) is 4.88. The highest BCUT2D eigenvalue weighted by Gasteiger charge is 2.52. The van der Waals surface area contributed by atoms with Crippen LogP contribution < -0.4 is 9.47 Å². The summed E-state index contributed by atoms with van der Waals surface area (Å²) < 4.78 is 144. The highest BCUT2D eigenvalue weighted by molar-refractivity contribution is 7.89. The van der Waals surface area contributed by atoms with Gasteiger partial charge in [-0.25, -0.2) is 16.8 Å². The van der Waals surface area contributed by atoms with Crippen LogP contribution in [0.5, 0.6) is 11.5 Å². The van der Waals surface area contributed by atoms with Crippen LogP contribution in [0.15, 0.2) is 71.0 Å². The Hall–Kier alpha value is -2.86. The standard InChI is InChI=1S/C21H20F6N2O7S2.C3H6/c22-20(23,24)35-15-3-1-5-17(13-15)37(30,31)28-9-7-19(8-10-28)29(11-12-34-19)38(32,33)18-6-2-4-16(14-18)36-21(25,26)27;1-3-2/h1-6,13-14H,7-12H2;3H,1H2,2H3. The molecule has 0 aliphatic carbocycles. The van der Waals surface area contributed by atoms with E-state index in [1.165, 1.54) is 0 Å². The third kappa shape index (κ3) is 7.91. The molecular formula is C24H26F6N2O7S2. The molecule has 2 aromatic rings. The number of nitrogens with zero attached hydrogens (tertiary/aromatic N) is 2. The van der Waals surface area contributed by atoms with Gasteiger partial charge in [-0.05, 0) is 31.2 Å². The fraction of sp³-hybridized carbons (Fsp3) is 0.417. The van der Waals surface area contributed by atoms with Gasteiger partial charge in [0.15, 0.2) is 0 Å². The summed E-state index contributed by atoms with van der Waals surface area (Å²) in [5, 5.41) is 0. The van der Waals surface area contributed by atoms with Crippen molar-refractivity contribution in [2.24, 2.45) is 0 Å². The molecule has 0 aromatic heterocycles. The van der Waals surface area contributed by atoms with Crippen LogP contribution in [0.4, 0.5) is 26.3 Å². The molecule has 17 heteroatoms. The Bertz CT molecular complexity index is 1440. The summed E-state index contributed by atoms with van der Waals surface area (Å²) >= 11 is 0. The lowest BCUT2D eigenvalue weighted by Gasteiger charge is -2.42. The van der Waals surface area contributed by atoms with Gasteiger partial charge in [-0.1, -0.05) is 18.2 Å². The van der Waals surface area contributed by atoms with E-state index in [2.05, 4.69) is 16.1 Å². The van der Waals surface area contributed by atoms with Crippen LogP contribution in [-0.4, -0.2) is 70.1 Å². The van der Waals surface area contributed by atoms with Crippen molar-refractivity contribution in [2.75, 3.05) is 26.2 Å². The highest BCUT2D eigenvalue weighted by atomic mass is 32.2. The van der Waals surface area contributed by atoms with Crippen molar-refractivity contribution >= 4 is 20.0 Å². The van der Waals surface area contributed by atoms with E-state index in [1.54, 1.807) is 6.08 Å². The van der Waals surface area contributed by atoms with E-state index in [9.17, 15) is 43.2 Å². The van der Waals surface area contributed by atoms with Crippen molar-refractivity contribution in [3.63, 3.8) is 0 Å². The number of ether oxygens (including phenoxy) is 3. The highest BCUT2D eigenvalue weighted by Crippen LogP contribution is 2.40. The first kappa shape index (κ1) is 32.7. The van der Waals surface area contributed by atoms with Gasteiger partial charge in [0.2, 0.25) is 20.0 Å². The quantitative estimate of drug-likeness (QED) is 0.331. The van der Waals surface area contributed by atoms with E-state index in [4.69, 9.17) is 4.74 Å². The third-order valence-corrected chi connectivity index (χ3v) is 9.77. The molecule has 41 heavy (non-hydrogen) atoms. The van der Waals surface area contributed by atoms with Crippen LogP contribution >= 0.6 is 0 Å². The van der Waals surface area contributed by atoms with Gasteiger partial charge in [-0.2, -0.15) is 8.61 Å². The summed E-state index contributed by atoms with van der Waals surface area (Å²) in [4.78, 5) is -0.922. The van der Waals surface area contributed by atoms with Gasteiger partial charge in [0, 0.05) is 44.6 Å². The molecule has 4 rings (SSSR count). The zero-order chi connectivity index (χ0) is 30.7. The van der Waals surface area contributed by atoms with E-state index in [-0.39, 0.29) is 39.1 Å². The molecule has 2 aromatic carbocycles. The van der Waals surface area contributed by atoms with Crippen molar-refractivity contribution < 1.29 is 57.4 Å². The molecule has 228 valence electrons. The maximum atomic E-state index is 13.3. The lowest BCUT2D eigenvalue weighted by Crippen LogP contribution is -2.55. The number of hydrogen-bond donors (Lipinski definition) is 0. The first-order chi connectivity index (χ1) is 18.9. The number of rotatable bonds is 6. The summed E-state index contributed by atoms with van der Waals surface area (Å²) in [5.41, 5.74) is -1.47. The van der Waals surface area contributed by atoms with Gasteiger partial charge in [-0.3, -0.25) is 0 Å². The third-order valence-electron chi connectivity index (χ3n) is 5.93. The molecule has 0 atom stereocenters. The minimum absolute atomic E-state index is 0.0401. The number of hydrogen-bond acceptors (Lipinski definition) is 7. The first-order valence-electron chi connectivity index (χ1n) is 11.9. The Morgan fingerprint density at radius 1 is 0.829 bits per heavy atom. The van der Waals surface area contributed by atoms with Crippen molar-refractivity contribution in [1.29, 1.82) is 0 Å². The van der Waals surface area contributed by atoms with Crippen LogP contribution in [-0.2, 0) is 24.8 Å². The van der Waals surface area contributed by atoms with Gasteiger partial charge in [-0.15, -0.1) is 32.9 Å². The van der Waals surface area contributed by atoms with Crippen molar-refractivity contribution in [2.45, 2.75) is 48.0 Å². The predicted molar refractivity (Wildman–Crippen MR) is 133 cm³/mol. The van der Waals surface area contributed by atoms with Gasteiger partial charge in [0.05, 0.1) is 16.4 Å². The second kappa shape index (κ2) is 12.2. The second-order valence-corrected chi connectivity index (χ2v) is 12.5. The molecule has 0 amide bonds. The average molecular weight is 633 g/mol. The van der Waals surface area contributed by atoms with Gasteiger partial charge < -0.3 is 14.2 Å². The van der Waals surface area contributed by atoms with Crippen LogP contribution in [0.25, 0.3) is 0 Å². The van der Waals surface area contributed by atoms with E-state index in [1.807, 2.05) is 6.92 Å². The van der Waals surface area contributed by atoms with E-state index in [0.29, 0.717) is 0 Å². The molecule has 2 saturated heterocycles. The normalized spacial score (nSPS) is 18.4. The van der Waals surface area contributed by atoms with E-state index < -0.39 is 59.8 Å². The van der Waals surface area contributed by atoms with Crippen LogP contribution in [0.2, 0.25) is 0 Å². The van der Waals surface area contributed by atoms with Crippen LogP contribution in [0.1, 0.15) is 19.8 Å². The van der Waals surface area contributed by atoms with E-state index >= 15 is 0 Å². The van der Waals surface area contributed by atoms with Gasteiger partial charge >= 0.3 is 12.7 Å². The fourth-order valence-electron chi connectivity index (χ4n) is 4.34. The molecule has 2 fully saturated rings. The number of benzene rings is 2. The summed E-state index contributed by atoms with van der Waals surface area (Å²) in [6.45, 7) is 4.60. The molecule has 0 saturated carbocycles. The van der Waals surface area contributed by atoms with E-state index in [0.717, 1.165) is 57.1 Å². The van der Waals surface area contributed by atoms with Crippen LogP contribution in [0.3, 0.4) is 0 Å². The topological polar surface area (TPSA) is 102 Å².